The fourth-order valence-electron chi connectivity index (χ4n) is 2.86. The second kappa shape index (κ2) is 5.67. The lowest BCUT2D eigenvalue weighted by Gasteiger charge is -2.40. The van der Waals surface area contributed by atoms with Crippen LogP contribution in [0.4, 0.5) is 0 Å². The number of nitrogens with zero attached hydrogens (tertiary/aromatic N) is 1. The van der Waals surface area contributed by atoms with Crippen LogP contribution in [-0.4, -0.2) is 23.7 Å². The summed E-state index contributed by atoms with van der Waals surface area (Å²) in [6.07, 6.45) is 4.86. The zero-order valence-corrected chi connectivity index (χ0v) is 10.9. The quantitative estimate of drug-likeness (QED) is 0.858. The van der Waals surface area contributed by atoms with Crippen molar-refractivity contribution in [2.75, 3.05) is 13.7 Å². The molecular formula is C14H22N2O2. The van der Waals surface area contributed by atoms with Gasteiger partial charge in [-0.15, -0.1) is 0 Å². The van der Waals surface area contributed by atoms with E-state index in [-0.39, 0.29) is 5.41 Å². The van der Waals surface area contributed by atoms with E-state index < -0.39 is 6.10 Å². The van der Waals surface area contributed by atoms with Crippen molar-refractivity contribution in [3.63, 3.8) is 0 Å². The Hall–Kier alpha value is -1.13. The van der Waals surface area contributed by atoms with Gasteiger partial charge in [-0.25, -0.2) is 4.98 Å². The third kappa shape index (κ3) is 2.49. The van der Waals surface area contributed by atoms with Crippen LogP contribution in [0.3, 0.4) is 0 Å². The van der Waals surface area contributed by atoms with Gasteiger partial charge in [0.15, 0.2) is 0 Å². The van der Waals surface area contributed by atoms with E-state index in [1.54, 1.807) is 13.2 Å². The largest absolute Gasteiger partial charge is 0.481 e. The van der Waals surface area contributed by atoms with Crippen LogP contribution in [0.15, 0.2) is 18.2 Å². The molecule has 0 spiro atoms. The van der Waals surface area contributed by atoms with Crippen LogP contribution in [-0.2, 0) is 0 Å². The number of aliphatic hydroxyl groups excluding tert-OH is 1. The van der Waals surface area contributed by atoms with Crippen molar-refractivity contribution in [1.29, 1.82) is 0 Å². The fraction of sp³-hybridized carbons (Fsp3) is 0.643. The first-order chi connectivity index (χ1) is 8.72. The third-order valence-corrected chi connectivity index (χ3v) is 4.07. The SMILES string of the molecule is COc1cccc(C(O)C2(CN)CCCCC2)n1. The molecule has 3 N–H and O–H groups in total. The number of aromatic nitrogens is 1. The monoisotopic (exact) mass is 250 g/mol. The lowest BCUT2D eigenvalue weighted by molar-refractivity contribution is -0.00242. The first kappa shape index (κ1) is 13.3. The van der Waals surface area contributed by atoms with Crippen molar-refractivity contribution >= 4 is 0 Å². The van der Waals surface area contributed by atoms with Gasteiger partial charge in [-0.1, -0.05) is 25.3 Å². The Morgan fingerprint density at radius 2 is 2.11 bits per heavy atom. The van der Waals surface area contributed by atoms with Gasteiger partial charge in [-0.3, -0.25) is 0 Å². The van der Waals surface area contributed by atoms with Crippen LogP contribution in [0.25, 0.3) is 0 Å². The molecule has 0 aliphatic heterocycles. The first-order valence-electron chi connectivity index (χ1n) is 6.61. The van der Waals surface area contributed by atoms with Crippen LogP contribution < -0.4 is 10.5 Å². The molecule has 18 heavy (non-hydrogen) atoms. The van der Waals surface area contributed by atoms with E-state index in [0.717, 1.165) is 25.7 Å². The predicted octanol–water partition coefficient (Wildman–Crippen LogP) is 2.03. The molecular weight excluding hydrogens is 228 g/mol. The number of hydrogen-bond acceptors (Lipinski definition) is 4. The van der Waals surface area contributed by atoms with E-state index in [0.29, 0.717) is 18.1 Å². The van der Waals surface area contributed by atoms with Crippen molar-refractivity contribution < 1.29 is 9.84 Å². The molecule has 0 aromatic carbocycles. The van der Waals surface area contributed by atoms with Gasteiger partial charge in [-0.2, -0.15) is 0 Å². The molecule has 1 aromatic heterocycles. The van der Waals surface area contributed by atoms with Crippen LogP contribution in [0.2, 0.25) is 0 Å². The average Bonchev–Trinajstić information content (AvgIpc) is 2.47. The van der Waals surface area contributed by atoms with Gasteiger partial charge in [0, 0.05) is 18.0 Å². The smallest absolute Gasteiger partial charge is 0.213 e. The minimum absolute atomic E-state index is 0.211. The minimum Gasteiger partial charge on any atom is -0.481 e. The summed E-state index contributed by atoms with van der Waals surface area (Å²) in [4.78, 5) is 4.33. The molecule has 1 unspecified atom stereocenters. The van der Waals surface area contributed by atoms with Crippen LogP contribution in [0, 0.1) is 5.41 Å². The highest BCUT2D eigenvalue weighted by Crippen LogP contribution is 2.44. The van der Waals surface area contributed by atoms with E-state index in [2.05, 4.69) is 4.98 Å². The van der Waals surface area contributed by atoms with Crippen molar-refractivity contribution in [2.24, 2.45) is 11.1 Å². The van der Waals surface area contributed by atoms with Gasteiger partial charge < -0.3 is 15.6 Å². The number of rotatable bonds is 4. The second-order valence-corrected chi connectivity index (χ2v) is 5.13. The number of pyridine rings is 1. The number of methoxy groups -OCH3 is 1. The molecule has 4 nitrogen and oxygen atoms in total. The number of nitrogens with two attached hydrogens (primary N) is 1. The van der Waals surface area contributed by atoms with E-state index in [4.69, 9.17) is 10.5 Å². The lowest BCUT2D eigenvalue weighted by Crippen LogP contribution is -2.39. The zero-order chi connectivity index (χ0) is 13.0. The Kier molecular flexibility index (Phi) is 4.19. The molecule has 1 atom stereocenters. The topological polar surface area (TPSA) is 68.4 Å². The summed E-state index contributed by atoms with van der Waals surface area (Å²) >= 11 is 0. The van der Waals surface area contributed by atoms with Crippen LogP contribution >= 0.6 is 0 Å². The molecule has 100 valence electrons. The number of ether oxygens (including phenoxy) is 1. The Labute approximate surface area is 108 Å². The normalized spacial score (nSPS) is 20.4. The maximum absolute atomic E-state index is 10.6. The third-order valence-electron chi connectivity index (χ3n) is 4.07. The Balaban J connectivity index is 2.24. The maximum Gasteiger partial charge on any atom is 0.213 e. The van der Waals surface area contributed by atoms with E-state index in [1.807, 2.05) is 12.1 Å². The molecule has 1 saturated carbocycles. The number of aliphatic hydroxyl groups is 1. The Morgan fingerprint density at radius 3 is 2.72 bits per heavy atom. The summed E-state index contributed by atoms with van der Waals surface area (Å²) in [6.45, 7) is 0.507. The van der Waals surface area contributed by atoms with Crippen LogP contribution in [0.1, 0.15) is 43.9 Å². The molecule has 0 amide bonds. The molecule has 0 bridgehead atoms. The van der Waals surface area contributed by atoms with Gasteiger partial charge in [-0.05, 0) is 18.9 Å². The van der Waals surface area contributed by atoms with Gasteiger partial charge in [0.1, 0.15) is 6.10 Å². The van der Waals surface area contributed by atoms with E-state index in [1.165, 1.54) is 6.42 Å². The number of hydrogen-bond donors (Lipinski definition) is 2. The Morgan fingerprint density at radius 1 is 1.39 bits per heavy atom. The molecule has 1 fully saturated rings. The lowest BCUT2D eigenvalue weighted by atomic mass is 9.69. The molecule has 1 aliphatic carbocycles. The minimum atomic E-state index is -0.599. The molecule has 1 aromatic rings. The summed E-state index contributed by atoms with van der Waals surface area (Å²) in [5.74, 6) is 0.537. The summed E-state index contributed by atoms with van der Waals surface area (Å²) in [7, 11) is 1.58. The van der Waals surface area contributed by atoms with E-state index in [9.17, 15) is 5.11 Å². The maximum atomic E-state index is 10.6. The van der Waals surface area contributed by atoms with Gasteiger partial charge in [0.05, 0.1) is 12.8 Å². The van der Waals surface area contributed by atoms with Crippen molar-refractivity contribution in [3.05, 3.63) is 23.9 Å². The van der Waals surface area contributed by atoms with Crippen LogP contribution in [0.5, 0.6) is 5.88 Å². The molecule has 2 rings (SSSR count). The summed E-state index contributed by atoms with van der Waals surface area (Å²) in [6, 6.07) is 5.49. The molecule has 0 radical (unpaired) electrons. The predicted molar refractivity (Wildman–Crippen MR) is 70.3 cm³/mol. The highest BCUT2D eigenvalue weighted by atomic mass is 16.5. The summed E-state index contributed by atoms with van der Waals surface area (Å²) in [5, 5.41) is 10.6. The van der Waals surface area contributed by atoms with E-state index >= 15 is 0 Å². The van der Waals surface area contributed by atoms with Crippen molar-refractivity contribution in [2.45, 2.75) is 38.2 Å². The fourth-order valence-corrected chi connectivity index (χ4v) is 2.86. The summed E-state index contributed by atoms with van der Waals surface area (Å²) < 4.78 is 5.11. The zero-order valence-electron chi connectivity index (χ0n) is 10.9. The average molecular weight is 250 g/mol. The molecule has 0 saturated heterocycles. The van der Waals surface area contributed by atoms with Crippen molar-refractivity contribution in [3.8, 4) is 5.88 Å². The molecule has 1 aliphatic rings. The molecule has 4 heteroatoms. The standard InChI is InChI=1S/C14H22N2O2/c1-18-12-7-5-6-11(16-12)13(17)14(10-15)8-3-2-4-9-14/h5-7,13,17H,2-4,8-10,15H2,1H3. The van der Waals surface area contributed by atoms with Gasteiger partial charge in [0.2, 0.25) is 5.88 Å². The van der Waals surface area contributed by atoms with Crippen molar-refractivity contribution in [1.82, 2.24) is 4.98 Å². The summed E-state index contributed by atoms with van der Waals surface area (Å²) in [5.41, 5.74) is 6.39. The highest BCUT2D eigenvalue weighted by molar-refractivity contribution is 5.19. The second-order valence-electron chi connectivity index (χ2n) is 5.13. The Bertz CT molecular complexity index is 389. The first-order valence-corrected chi connectivity index (χ1v) is 6.61. The molecule has 1 heterocycles. The highest BCUT2D eigenvalue weighted by Gasteiger charge is 2.39. The van der Waals surface area contributed by atoms with Gasteiger partial charge >= 0.3 is 0 Å². The van der Waals surface area contributed by atoms with Gasteiger partial charge in [0.25, 0.3) is 0 Å².